The van der Waals surface area contributed by atoms with E-state index in [-0.39, 0.29) is 0 Å². The number of aryl methyl sites for hydroxylation is 1. The van der Waals surface area contributed by atoms with Gasteiger partial charge < -0.3 is 4.90 Å². The van der Waals surface area contributed by atoms with Gasteiger partial charge in [-0.25, -0.2) is 0 Å². The number of hydrogen-bond donors (Lipinski definition) is 1. The van der Waals surface area contributed by atoms with Crippen molar-refractivity contribution in [2.24, 2.45) is 10.2 Å². The Bertz CT molecular complexity index is 659. The number of azo groups is 1. The summed E-state index contributed by atoms with van der Waals surface area (Å²) >= 11 is 3.19. The van der Waals surface area contributed by atoms with Gasteiger partial charge >= 0.3 is 0 Å². The molecule has 1 aromatic heterocycles. The van der Waals surface area contributed by atoms with Crippen molar-refractivity contribution >= 4 is 33.3 Å². The van der Waals surface area contributed by atoms with E-state index in [9.17, 15) is 0 Å². The molecule has 6 nitrogen and oxygen atoms in total. The average Bonchev–Trinajstić information content (AvgIpc) is 2.77. The Hall–Kier alpha value is -1.76. The highest BCUT2D eigenvalue weighted by molar-refractivity contribution is 9.10. The lowest BCUT2D eigenvalue weighted by Gasteiger charge is -2.21. The Morgan fingerprint density at radius 2 is 1.85 bits per heavy atom. The van der Waals surface area contributed by atoms with E-state index >= 15 is 0 Å². The second kappa shape index (κ2) is 5.70. The Labute approximate surface area is 126 Å². The van der Waals surface area contributed by atoms with Gasteiger partial charge in [-0.1, -0.05) is 0 Å². The first-order valence-electron chi connectivity index (χ1n) is 6.18. The van der Waals surface area contributed by atoms with E-state index in [1.807, 2.05) is 27.1 Å². The molecule has 0 saturated carbocycles. The smallest absolute Gasteiger partial charge is 0.288 e. The minimum absolute atomic E-state index is 0.309. The van der Waals surface area contributed by atoms with Crippen molar-refractivity contribution in [3.05, 3.63) is 27.5 Å². The standard InChI is InChI=1S/C13H17BrN6/c1-7-6-10(8(2)9(3)11(7)20(4)5)16-18-13-15-12(14)17-19-13/h6H,1-5H3,(H,15,17,19). The zero-order valence-corrected chi connectivity index (χ0v) is 13.8. The highest BCUT2D eigenvalue weighted by Crippen LogP contribution is 2.33. The first kappa shape index (κ1) is 14.6. The number of hydrogen-bond acceptors (Lipinski definition) is 5. The van der Waals surface area contributed by atoms with Crippen molar-refractivity contribution in [2.75, 3.05) is 19.0 Å². The summed E-state index contributed by atoms with van der Waals surface area (Å²) in [7, 11) is 4.09. The van der Waals surface area contributed by atoms with Crippen molar-refractivity contribution in [1.82, 2.24) is 15.2 Å². The highest BCUT2D eigenvalue weighted by Gasteiger charge is 2.11. The van der Waals surface area contributed by atoms with Gasteiger partial charge in [0, 0.05) is 19.8 Å². The van der Waals surface area contributed by atoms with Crippen molar-refractivity contribution in [2.45, 2.75) is 20.8 Å². The summed E-state index contributed by atoms with van der Waals surface area (Å²) in [6.45, 7) is 6.22. The van der Waals surface area contributed by atoms with Crippen LogP contribution in [0.25, 0.3) is 0 Å². The molecule has 0 aliphatic carbocycles. The summed E-state index contributed by atoms with van der Waals surface area (Å²) in [6, 6.07) is 2.03. The van der Waals surface area contributed by atoms with Gasteiger partial charge in [-0.15, -0.1) is 15.3 Å². The maximum atomic E-state index is 4.25. The van der Waals surface area contributed by atoms with Crippen molar-refractivity contribution in [1.29, 1.82) is 0 Å². The third kappa shape index (κ3) is 2.87. The predicted molar refractivity (Wildman–Crippen MR) is 83.2 cm³/mol. The Morgan fingerprint density at radius 1 is 1.15 bits per heavy atom. The van der Waals surface area contributed by atoms with E-state index < -0.39 is 0 Å². The average molecular weight is 337 g/mol. The molecule has 2 rings (SSSR count). The van der Waals surface area contributed by atoms with Crippen molar-refractivity contribution in [3.8, 4) is 0 Å². The number of nitrogens with zero attached hydrogens (tertiary/aromatic N) is 5. The van der Waals surface area contributed by atoms with Gasteiger partial charge in [-0.3, -0.25) is 5.10 Å². The maximum Gasteiger partial charge on any atom is 0.288 e. The fourth-order valence-corrected chi connectivity index (χ4v) is 2.46. The molecule has 0 bridgehead atoms. The van der Waals surface area contributed by atoms with Crippen LogP contribution in [0.4, 0.5) is 17.3 Å². The zero-order chi connectivity index (χ0) is 14.9. The number of benzene rings is 1. The quantitative estimate of drug-likeness (QED) is 0.862. The molecule has 1 heterocycles. The van der Waals surface area contributed by atoms with E-state index in [1.165, 1.54) is 16.8 Å². The van der Waals surface area contributed by atoms with E-state index in [0.717, 1.165) is 11.3 Å². The topological polar surface area (TPSA) is 69.5 Å². The maximum absolute atomic E-state index is 4.25. The number of aromatic nitrogens is 3. The van der Waals surface area contributed by atoms with Gasteiger partial charge in [0.05, 0.1) is 5.69 Å². The lowest BCUT2D eigenvalue weighted by Crippen LogP contribution is -2.12. The third-order valence-electron chi connectivity index (χ3n) is 3.17. The molecule has 2 aromatic rings. The fourth-order valence-electron chi connectivity index (χ4n) is 2.22. The van der Waals surface area contributed by atoms with Crippen LogP contribution >= 0.6 is 15.9 Å². The third-order valence-corrected chi connectivity index (χ3v) is 3.52. The minimum atomic E-state index is 0.309. The van der Waals surface area contributed by atoms with Crippen LogP contribution in [0.3, 0.4) is 0 Å². The summed E-state index contributed by atoms with van der Waals surface area (Å²) in [5, 5.41) is 14.9. The van der Waals surface area contributed by atoms with E-state index in [1.54, 1.807) is 0 Å². The number of nitrogens with one attached hydrogen (secondary N) is 1. The molecule has 0 saturated heterocycles. The first-order chi connectivity index (χ1) is 9.40. The fraction of sp³-hybridized carbons (Fsp3) is 0.385. The molecule has 0 radical (unpaired) electrons. The number of rotatable bonds is 3. The molecule has 20 heavy (non-hydrogen) atoms. The largest absolute Gasteiger partial charge is 0.377 e. The van der Waals surface area contributed by atoms with Gasteiger partial charge in [0.2, 0.25) is 0 Å². The van der Waals surface area contributed by atoms with Gasteiger partial charge in [-0.05, 0) is 59.5 Å². The second-order valence-corrected chi connectivity index (χ2v) is 5.58. The molecule has 0 unspecified atom stereocenters. The van der Waals surface area contributed by atoms with Crippen molar-refractivity contribution < 1.29 is 0 Å². The molecule has 0 atom stereocenters. The Balaban J connectivity index is 2.41. The molecule has 0 aliphatic rings. The van der Waals surface area contributed by atoms with Gasteiger partial charge in [0.25, 0.3) is 5.95 Å². The monoisotopic (exact) mass is 336 g/mol. The van der Waals surface area contributed by atoms with Crippen LogP contribution < -0.4 is 4.90 Å². The van der Waals surface area contributed by atoms with Crippen molar-refractivity contribution in [3.63, 3.8) is 0 Å². The lowest BCUT2D eigenvalue weighted by molar-refractivity contribution is 1.03. The van der Waals surface area contributed by atoms with Crippen LogP contribution in [-0.4, -0.2) is 29.3 Å². The summed E-state index contributed by atoms with van der Waals surface area (Å²) in [6.07, 6.45) is 0. The molecule has 0 aliphatic heterocycles. The molecular formula is C13H17BrN6. The Morgan fingerprint density at radius 3 is 2.40 bits per heavy atom. The van der Waals surface area contributed by atoms with Gasteiger partial charge in [0.1, 0.15) is 0 Å². The van der Waals surface area contributed by atoms with Crippen LogP contribution in [0.1, 0.15) is 16.7 Å². The Kier molecular flexibility index (Phi) is 4.17. The van der Waals surface area contributed by atoms with Crippen LogP contribution in [0, 0.1) is 20.8 Å². The second-order valence-electron chi connectivity index (χ2n) is 4.83. The zero-order valence-electron chi connectivity index (χ0n) is 12.2. The molecule has 1 aromatic carbocycles. The van der Waals surface area contributed by atoms with Crippen LogP contribution in [0.15, 0.2) is 21.0 Å². The normalized spacial score (nSPS) is 11.3. The van der Waals surface area contributed by atoms with E-state index in [4.69, 9.17) is 0 Å². The SMILES string of the molecule is Cc1cc(N=Nc2n[nH]c(Br)n2)c(C)c(C)c1N(C)C. The van der Waals surface area contributed by atoms with Crippen LogP contribution in [0.2, 0.25) is 0 Å². The predicted octanol–water partition coefficient (Wildman–Crippen LogP) is 3.97. The molecule has 0 spiro atoms. The molecular weight excluding hydrogens is 320 g/mol. The van der Waals surface area contributed by atoms with Gasteiger partial charge in [-0.2, -0.15) is 4.98 Å². The molecule has 106 valence electrons. The number of anilines is 1. The molecule has 0 amide bonds. The van der Waals surface area contributed by atoms with Crippen LogP contribution in [0.5, 0.6) is 0 Å². The minimum Gasteiger partial charge on any atom is -0.377 e. The highest BCUT2D eigenvalue weighted by atomic mass is 79.9. The van der Waals surface area contributed by atoms with E-state index in [2.05, 4.69) is 60.1 Å². The number of halogens is 1. The molecule has 0 fully saturated rings. The number of aromatic amines is 1. The molecule has 1 N–H and O–H groups in total. The van der Waals surface area contributed by atoms with Gasteiger partial charge in [0.15, 0.2) is 4.73 Å². The first-order valence-corrected chi connectivity index (χ1v) is 6.97. The van der Waals surface area contributed by atoms with E-state index in [0.29, 0.717) is 10.7 Å². The summed E-state index contributed by atoms with van der Waals surface area (Å²) in [4.78, 5) is 6.14. The summed E-state index contributed by atoms with van der Waals surface area (Å²) in [5.41, 5.74) is 5.55. The van der Waals surface area contributed by atoms with Crippen LogP contribution in [-0.2, 0) is 0 Å². The lowest BCUT2D eigenvalue weighted by atomic mass is 10.0. The summed E-state index contributed by atoms with van der Waals surface area (Å²) in [5.74, 6) is 0.309. The summed E-state index contributed by atoms with van der Waals surface area (Å²) < 4.78 is 0.540. The molecule has 7 heteroatoms. The number of H-pyrrole nitrogens is 1.